The molecular weight excluding hydrogens is 451 g/mol. The van der Waals surface area contributed by atoms with E-state index in [1.165, 1.54) is 11.1 Å². The molecule has 80 valence electrons. The molecule has 0 radical (unpaired) electrons. The van der Waals surface area contributed by atoms with Crippen LogP contribution in [0.25, 0.3) is 0 Å². The first kappa shape index (κ1) is 21.1. The second-order valence-corrected chi connectivity index (χ2v) is 5.10. The number of hydrogen-bond donors (Lipinski definition) is 0. The number of halogens is 3. The van der Waals surface area contributed by atoms with E-state index in [1.54, 1.807) is 33.6 Å². The molecule has 0 aromatic carbocycles. The van der Waals surface area contributed by atoms with Crippen LogP contribution in [0, 0.1) is 5.41 Å². The van der Waals surface area contributed by atoms with Crippen LogP contribution in [0.3, 0.4) is 0 Å². The zero-order valence-corrected chi connectivity index (χ0v) is 16.3. The third-order valence-corrected chi connectivity index (χ3v) is 5.52. The third kappa shape index (κ3) is 3.40. The second-order valence-electron chi connectivity index (χ2n) is 3.88. The van der Waals surface area contributed by atoms with Gasteiger partial charge >= 0.3 is 84.8 Å². The molecule has 4 heteroatoms. The molecule has 14 heavy (non-hydrogen) atoms. The molecule has 0 saturated heterocycles. The molecule has 0 spiro atoms. The van der Waals surface area contributed by atoms with Gasteiger partial charge in [0.1, 0.15) is 0 Å². The zero-order chi connectivity index (χ0) is 8.81. The molecule has 0 heterocycles. The Morgan fingerprint density at radius 3 is 1.29 bits per heavy atom. The summed E-state index contributed by atoms with van der Waals surface area (Å²) in [5.74, 6) is 0. The van der Waals surface area contributed by atoms with Crippen molar-refractivity contribution in [2.45, 2.75) is 34.6 Å². The maximum atomic E-state index is 2.33. The van der Waals surface area contributed by atoms with E-state index in [0.717, 1.165) is 0 Å². The first-order valence-electron chi connectivity index (χ1n) is 4.00. The molecule has 0 amide bonds. The van der Waals surface area contributed by atoms with Crippen LogP contribution in [0.15, 0.2) is 20.0 Å². The van der Waals surface area contributed by atoms with Gasteiger partial charge in [-0.25, -0.2) is 0 Å². The molecule has 0 aliphatic heterocycles. The van der Waals surface area contributed by atoms with E-state index in [0.29, 0.717) is 5.41 Å². The Balaban J connectivity index is -0.000000403. The first-order valence-corrected chi connectivity index (χ1v) is 5.23. The van der Waals surface area contributed by atoms with E-state index in [1.807, 2.05) is 0 Å². The Labute approximate surface area is 134 Å². The van der Waals surface area contributed by atoms with E-state index < -0.39 is 0 Å². The first-order chi connectivity index (χ1) is 4.89. The van der Waals surface area contributed by atoms with Crippen LogP contribution >= 0.6 is 0 Å². The van der Waals surface area contributed by atoms with E-state index in [9.17, 15) is 0 Å². The molecule has 0 fully saturated rings. The molecule has 0 aromatic rings. The van der Waals surface area contributed by atoms with Crippen LogP contribution in [0.4, 0.5) is 0 Å². The average molecular weight is 466 g/mol. The van der Waals surface area contributed by atoms with Crippen LogP contribution in [0.2, 0.25) is 0 Å². The van der Waals surface area contributed by atoms with Crippen LogP contribution in [-0.4, -0.2) is 0 Å². The van der Waals surface area contributed by atoms with Crippen molar-refractivity contribution in [3.63, 3.8) is 0 Å². The summed E-state index contributed by atoms with van der Waals surface area (Å²) in [6.45, 7) is 11.4. The molecule has 0 nitrogen and oxygen atoms in total. The Kier molecular flexibility index (Phi) is 10.9. The SMILES string of the molecule is CC1=C(C)C(C)(C)[C]([Zr+3])=C1C.[Br-].[Br-].[Br-]. The summed E-state index contributed by atoms with van der Waals surface area (Å²) >= 11 is 1.57. The number of hydrogen-bond acceptors (Lipinski definition) is 0. The molecule has 1 rings (SSSR count). The Morgan fingerprint density at radius 2 is 1.21 bits per heavy atom. The van der Waals surface area contributed by atoms with Crippen LogP contribution in [-0.2, 0) is 24.7 Å². The number of rotatable bonds is 0. The predicted octanol–water partition coefficient (Wildman–Crippen LogP) is -5.80. The summed E-state index contributed by atoms with van der Waals surface area (Å²) in [5, 5.41) is 0. The van der Waals surface area contributed by atoms with Gasteiger partial charge in [-0.3, -0.25) is 0 Å². The minimum Gasteiger partial charge on any atom is -1.00 e. The molecule has 0 atom stereocenters. The van der Waals surface area contributed by atoms with E-state index in [-0.39, 0.29) is 50.9 Å². The Bertz CT molecular complexity index is 239. The minimum atomic E-state index is 0. The van der Waals surface area contributed by atoms with E-state index in [4.69, 9.17) is 0 Å². The van der Waals surface area contributed by atoms with Crippen LogP contribution in [0.5, 0.6) is 0 Å². The third-order valence-electron chi connectivity index (χ3n) is 3.06. The fraction of sp³-hybridized carbons (Fsp3) is 0.600. The van der Waals surface area contributed by atoms with Gasteiger partial charge in [0.2, 0.25) is 0 Å². The van der Waals surface area contributed by atoms with E-state index >= 15 is 0 Å². The van der Waals surface area contributed by atoms with Gasteiger partial charge < -0.3 is 50.9 Å². The molecule has 1 aliphatic carbocycles. The van der Waals surface area contributed by atoms with Crippen molar-refractivity contribution in [3.8, 4) is 0 Å². The summed E-state index contributed by atoms with van der Waals surface area (Å²) in [4.78, 5) is 0. The summed E-state index contributed by atoms with van der Waals surface area (Å²) in [6, 6.07) is 0. The molecule has 0 aromatic heterocycles. The average Bonchev–Trinajstić information content (AvgIpc) is 2.06. The van der Waals surface area contributed by atoms with Gasteiger partial charge in [0.15, 0.2) is 0 Å². The summed E-state index contributed by atoms with van der Waals surface area (Å²) in [7, 11) is 0. The van der Waals surface area contributed by atoms with E-state index in [2.05, 4.69) is 34.6 Å². The van der Waals surface area contributed by atoms with Gasteiger partial charge in [0.25, 0.3) is 0 Å². The molecule has 0 saturated carbocycles. The minimum absolute atomic E-state index is 0. The normalized spacial score (nSPS) is 18.5. The van der Waals surface area contributed by atoms with Crippen molar-refractivity contribution in [2.24, 2.45) is 5.41 Å². The van der Waals surface area contributed by atoms with Crippen molar-refractivity contribution in [1.29, 1.82) is 0 Å². The molecule has 0 unspecified atom stereocenters. The molecular formula is C10H15Br3Zr. The summed E-state index contributed by atoms with van der Waals surface area (Å²) in [6.07, 6.45) is 0. The maximum absolute atomic E-state index is 2.33. The summed E-state index contributed by atoms with van der Waals surface area (Å²) < 4.78 is 1.62. The fourth-order valence-corrected chi connectivity index (χ4v) is 2.52. The van der Waals surface area contributed by atoms with Gasteiger partial charge in [0, 0.05) is 0 Å². The van der Waals surface area contributed by atoms with Crippen molar-refractivity contribution in [1.82, 2.24) is 0 Å². The van der Waals surface area contributed by atoms with Gasteiger partial charge in [-0.05, 0) is 0 Å². The van der Waals surface area contributed by atoms with Gasteiger partial charge in [-0.2, -0.15) is 0 Å². The van der Waals surface area contributed by atoms with Crippen molar-refractivity contribution in [3.05, 3.63) is 20.0 Å². The largest absolute Gasteiger partial charge is 1.00 e. The molecule has 0 bridgehead atoms. The maximum Gasteiger partial charge on any atom is -1.00 e. The second kappa shape index (κ2) is 7.19. The Hall–Kier alpha value is 1.80. The predicted molar refractivity (Wildman–Crippen MR) is 44.9 cm³/mol. The van der Waals surface area contributed by atoms with Gasteiger partial charge in [-0.1, -0.05) is 0 Å². The quantitative estimate of drug-likeness (QED) is 0.334. The van der Waals surface area contributed by atoms with Gasteiger partial charge in [-0.15, -0.1) is 0 Å². The topological polar surface area (TPSA) is 0 Å². The van der Waals surface area contributed by atoms with Crippen molar-refractivity contribution >= 4 is 0 Å². The van der Waals surface area contributed by atoms with Gasteiger partial charge in [0.05, 0.1) is 0 Å². The zero-order valence-electron chi connectivity index (χ0n) is 9.13. The van der Waals surface area contributed by atoms with Crippen molar-refractivity contribution in [2.75, 3.05) is 0 Å². The van der Waals surface area contributed by atoms with Crippen LogP contribution in [0.1, 0.15) is 34.6 Å². The monoisotopic (exact) mass is 462 g/mol. The fourth-order valence-electron chi connectivity index (χ4n) is 1.59. The molecule has 1 aliphatic rings. The van der Waals surface area contributed by atoms with Crippen LogP contribution < -0.4 is 50.9 Å². The number of allylic oxidation sites excluding steroid dienone is 4. The summed E-state index contributed by atoms with van der Waals surface area (Å²) in [5.41, 5.74) is 4.96. The smallest absolute Gasteiger partial charge is 1.00 e. The Morgan fingerprint density at radius 1 is 0.857 bits per heavy atom. The standard InChI is InChI=1S/C10H15.3BrH.Zr/c1-7-6-10(4,5)9(3)8(7)2;;;;/h1-5H3;3*1H;/q;;;;+3/p-3. The molecule has 0 N–H and O–H groups in total. The van der Waals surface area contributed by atoms with Crippen molar-refractivity contribution < 1.29 is 75.7 Å².